The van der Waals surface area contributed by atoms with Crippen molar-refractivity contribution in [3.8, 4) is 0 Å². The van der Waals surface area contributed by atoms with Crippen molar-refractivity contribution in [3.63, 3.8) is 0 Å². The van der Waals surface area contributed by atoms with Gasteiger partial charge >= 0.3 is 5.97 Å². The van der Waals surface area contributed by atoms with E-state index in [2.05, 4.69) is 0 Å². The molecule has 0 saturated carbocycles. The van der Waals surface area contributed by atoms with Crippen molar-refractivity contribution in [2.75, 3.05) is 25.2 Å². The van der Waals surface area contributed by atoms with Crippen molar-refractivity contribution >= 4 is 40.6 Å². The second-order valence-corrected chi connectivity index (χ2v) is 6.99. The maximum Gasteiger partial charge on any atom is 0.338 e. The van der Waals surface area contributed by atoms with E-state index in [1.807, 2.05) is 26.0 Å². The van der Waals surface area contributed by atoms with Crippen molar-refractivity contribution in [1.82, 2.24) is 0 Å². The molecule has 1 aliphatic heterocycles. The van der Waals surface area contributed by atoms with Crippen LogP contribution in [0.2, 0.25) is 0 Å². The summed E-state index contributed by atoms with van der Waals surface area (Å²) in [5.41, 5.74) is 3.46. The molecule has 6 nitrogen and oxygen atoms in total. The minimum atomic E-state index is -0.597. The van der Waals surface area contributed by atoms with E-state index in [1.54, 1.807) is 6.07 Å². The van der Waals surface area contributed by atoms with Crippen LogP contribution in [0, 0.1) is 13.8 Å². The number of esters is 1. The van der Waals surface area contributed by atoms with E-state index in [0.717, 1.165) is 16.0 Å². The molecule has 0 unspecified atom stereocenters. The van der Waals surface area contributed by atoms with Gasteiger partial charge in [0, 0.05) is 7.11 Å². The normalized spacial score (nSPS) is 14.0. The van der Waals surface area contributed by atoms with Gasteiger partial charge in [-0.05, 0) is 54.8 Å². The second kappa shape index (κ2) is 8.59. The number of nitrogens with zero attached hydrogens (tertiary/aromatic N) is 1. The maximum absolute atomic E-state index is 13.0. The van der Waals surface area contributed by atoms with Gasteiger partial charge in [0.15, 0.2) is 0 Å². The molecule has 0 aliphatic carbocycles. The Morgan fingerprint density at radius 1 is 0.966 bits per heavy atom. The lowest BCUT2D eigenvalue weighted by Crippen LogP contribution is -2.31. The molecule has 2 amide bonds. The van der Waals surface area contributed by atoms with Crippen LogP contribution in [-0.4, -0.2) is 38.1 Å². The Kier molecular flexibility index (Phi) is 6.15. The second-order valence-electron chi connectivity index (χ2n) is 6.61. The van der Waals surface area contributed by atoms with Gasteiger partial charge in [-0.3, -0.25) is 9.59 Å². The Morgan fingerprint density at radius 2 is 1.66 bits per heavy atom. The number of imide groups is 1. The lowest BCUT2D eigenvalue weighted by molar-refractivity contribution is -0.119. The van der Waals surface area contributed by atoms with Crippen LogP contribution in [0.15, 0.2) is 47.5 Å². The molecule has 0 atom stereocenters. The van der Waals surface area contributed by atoms with Crippen LogP contribution in [-0.2, 0) is 19.1 Å². The van der Waals surface area contributed by atoms with E-state index in [0.29, 0.717) is 23.4 Å². The van der Waals surface area contributed by atoms with Gasteiger partial charge in [-0.1, -0.05) is 29.8 Å². The molecular formula is C22H20ClNO5. The number of benzene rings is 2. The first-order valence-electron chi connectivity index (χ1n) is 8.97. The monoisotopic (exact) mass is 413 g/mol. The first kappa shape index (κ1) is 20.8. The Morgan fingerprint density at radius 3 is 2.28 bits per heavy atom. The van der Waals surface area contributed by atoms with Crippen molar-refractivity contribution in [2.45, 2.75) is 13.8 Å². The lowest BCUT2D eigenvalue weighted by atomic mass is 10.0. The van der Waals surface area contributed by atoms with E-state index in [4.69, 9.17) is 21.1 Å². The summed E-state index contributed by atoms with van der Waals surface area (Å²) in [4.78, 5) is 38.6. The highest BCUT2D eigenvalue weighted by atomic mass is 35.5. The summed E-state index contributed by atoms with van der Waals surface area (Å²) in [7, 11) is 1.51. The van der Waals surface area contributed by atoms with E-state index in [-0.39, 0.29) is 17.2 Å². The molecule has 1 heterocycles. The van der Waals surface area contributed by atoms with E-state index in [9.17, 15) is 14.4 Å². The smallest absolute Gasteiger partial charge is 0.338 e. The van der Waals surface area contributed by atoms with Crippen LogP contribution in [0.3, 0.4) is 0 Å². The minimum Gasteiger partial charge on any atom is -0.460 e. The highest BCUT2D eigenvalue weighted by Gasteiger charge is 2.39. The number of aryl methyl sites for hydroxylation is 2. The van der Waals surface area contributed by atoms with Gasteiger partial charge < -0.3 is 9.47 Å². The molecule has 2 aromatic rings. The van der Waals surface area contributed by atoms with E-state index in [1.165, 1.54) is 31.4 Å². The Hall–Kier alpha value is -2.96. The molecular weight excluding hydrogens is 394 g/mol. The van der Waals surface area contributed by atoms with Gasteiger partial charge in [0.2, 0.25) is 0 Å². The number of anilines is 1. The lowest BCUT2D eigenvalue weighted by Gasteiger charge is -2.15. The third-order valence-electron chi connectivity index (χ3n) is 4.70. The Bertz CT molecular complexity index is 1010. The average molecular weight is 414 g/mol. The minimum absolute atomic E-state index is 0.124. The first-order chi connectivity index (χ1) is 13.8. The van der Waals surface area contributed by atoms with Gasteiger partial charge in [-0.15, -0.1) is 0 Å². The molecule has 29 heavy (non-hydrogen) atoms. The Balaban J connectivity index is 1.84. The number of carbonyl (C=O) groups excluding carboxylic acids is 3. The molecule has 0 aromatic heterocycles. The molecule has 0 spiro atoms. The maximum atomic E-state index is 13.0. The fourth-order valence-corrected chi connectivity index (χ4v) is 3.21. The molecule has 2 aromatic carbocycles. The highest BCUT2D eigenvalue weighted by Crippen LogP contribution is 2.35. The third-order valence-corrected chi connectivity index (χ3v) is 5.06. The molecule has 0 bridgehead atoms. The van der Waals surface area contributed by atoms with Gasteiger partial charge in [0.1, 0.15) is 11.6 Å². The van der Waals surface area contributed by atoms with Crippen LogP contribution < -0.4 is 4.90 Å². The number of halogens is 1. The molecule has 3 rings (SSSR count). The van der Waals surface area contributed by atoms with Gasteiger partial charge in [0.25, 0.3) is 11.8 Å². The van der Waals surface area contributed by atoms with Crippen LogP contribution in [0.4, 0.5) is 5.69 Å². The largest absolute Gasteiger partial charge is 0.460 e. The predicted molar refractivity (Wildman–Crippen MR) is 110 cm³/mol. The number of methoxy groups -OCH3 is 1. The van der Waals surface area contributed by atoms with E-state index < -0.39 is 17.8 Å². The summed E-state index contributed by atoms with van der Waals surface area (Å²) in [5, 5.41) is -0.124. The quantitative estimate of drug-likeness (QED) is 0.411. The predicted octanol–water partition coefficient (Wildman–Crippen LogP) is 3.63. The van der Waals surface area contributed by atoms with Crippen molar-refractivity contribution in [2.24, 2.45) is 0 Å². The molecule has 0 radical (unpaired) electrons. The van der Waals surface area contributed by atoms with Gasteiger partial charge in [-0.25, -0.2) is 9.69 Å². The molecule has 7 heteroatoms. The summed E-state index contributed by atoms with van der Waals surface area (Å²) in [6, 6.07) is 11.5. The number of rotatable bonds is 6. The van der Waals surface area contributed by atoms with Crippen molar-refractivity contribution in [3.05, 3.63) is 69.8 Å². The molecule has 0 fully saturated rings. The fourth-order valence-electron chi connectivity index (χ4n) is 2.93. The van der Waals surface area contributed by atoms with Crippen LogP contribution in [0.5, 0.6) is 0 Å². The third kappa shape index (κ3) is 4.09. The highest BCUT2D eigenvalue weighted by molar-refractivity contribution is 6.60. The summed E-state index contributed by atoms with van der Waals surface area (Å²) in [6.45, 7) is 4.33. The van der Waals surface area contributed by atoms with Crippen LogP contribution in [0.25, 0.3) is 5.57 Å². The zero-order valence-electron chi connectivity index (χ0n) is 16.3. The van der Waals surface area contributed by atoms with Gasteiger partial charge in [0.05, 0.1) is 23.4 Å². The number of amides is 2. The number of ether oxygens (including phenoxy) is 2. The van der Waals surface area contributed by atoms with Crippen molar-refractivity contribution in [1.29, 1.82) is 0 Å². The number of hydrogen-bond donors (Lipinski definition) is 0. The number of hydrogen-bond acceptors (Lipinski definition) is 5. The summed E-state index contributed by atoms with van der Waals surface area (Å²) >= 11 is 6.23. The van der Waals surface area contributed by atoms with Crippen LogP contribution in [0.1, 0.15) is 27.0 Å². The molecule has 1 aliphatic rings. The zero-order valence-corrected chi connectivity index (χ0v) is 17.1. The first-order valence-corrected chi connectivity index (χ1v) is 9.35. The molecule has 150 valence electrons. The van der Waals surface area contributed by atoms with Crippen molar-refractivity contribution < 1.29 is 23.9 Å². The number of carbonyl (C=O) groups is 3. The van der Waals surface area contributed by atoms with Crippen LogP contribution >= 0.6 is 11.6 Å². The zero-order chi connectivity index (χ0) is 21.1. The topological polar surface area (TPSA) is 72.9 Å². The summed E-state index contributed by atoms with van der Waals surface area (Å²) in [5.74, 6) is -1.61. The van der Waals surface area contributed by atoms with Gasteiger partial charge in [-0.2, -0.15) is 0 Å². The fraction of sp³-hybridized carbons (Fsp3) is 0.227. The molecule has 0 saturated heterocycles. The van der Waals surface area contributed by atoms with E-state index >= 15 is 0 Å². The SMILES string of the molecule is COCCOC(=O)c1ccc(N2C(=O)C(Cl)=C(c3ccc(C)c(C)c3)C2=O)cc1. The summed E-state index contributed by atoms with van der Waals surface area (Å²) < 4.78 is 9.88. The molecule has 0 N–H and O–H groups in total. The Labute approximate surface area is 173 Å². The standard InChI is InChI=1S/C22H20ClNO5/c1-13-4-5-16(12-14(13)2)18-19(23)21(26)24(20(18)25)17-8-6-15(7-9-17)22(27)29-11-10-28-3/h4-9,12H,10-11H2,1-3H3. The summed E-state index contributed by atoms with van der Waals surface area (Å²) in [6.07, 6.45) is 0. The average Bonchev–Trinajstić information content (AvgIpc) is 2.93.